The molecule has 0 aromatic rings. The second-order valence-electron chi connectivity index (χ2n) is 3.90. The highest BCUT2D eigenvalue weighted by Crippen LogP contribution is 1.97. The Kier molecular flexibility index (Phi) is 5.58. The molecule has 0 rings (SSSR count). The molecule has 0 bridgehead atoms. The fraction of sp³-hybridized carbons (Fsp3) is 1.00. The van der Waals surface area contributed by atoms with Crippen LogP contribution in [-0.2, 0) is 10.0 Å². The average Bonchev–Trinajstić information content (AvgIpc) is 1.97. The number of hydrogen-bond acceptors (Lipinski definition) is 4. The zero-order valence-electron chi connectivity index (χ0n) is 9.53. The van der Waals surface area contributed by atoms with E-state index in [1.54, 1.807) is 21.0 Å². The van der Waals surface area contributed by atoms with Crippen molar-refractivity contribution in [1.29, 1.82) is 0 Å². The van der Waals surface area contributed by atoms with Crippen LogP contribution in [0.25, 0.3) is 0 Å². The summed E-state index contributed by atoms with van der Waals surface area (Å²) in [5.74, 6) is 0. The Balaban J connectivity index is 4.15. The van der Waals surface area contributed by atoms with Crippen molar-refractivity contribution in [2.24, 2.45) is 0 Å². The molecule has 0 saturated carbocycles. The minimum Gasteiger partial charge on any atom is -0.313 e. The molecule has 0 aromatic heterocycles. The van der Waals surface area contributed by atoms with Crippen LogP contribution in [0, 0.1) is 0 Å². The number of hydrogen-bond donors (Lipinski definition) is 2. The highest BCUT2D eigenvalue weighted by Gasteiger charge is 2.20. The summed E-state index contributed by atoms with van der Waals surface area (Å²) in [7, 11) is 0.0641. The van der Waals surface area contributed by atoms with Crippen LogP contribution in [0.15, 0.2) is 0 Å². The van der Waals surface area contributed by atoms with Crippen LogP contribution in [-0.4, -0.2) is 45.4 Å². The molecular formula is C8H21N3O2S. The third-order valence-corrected chi connectivity index (χ3v) is 3.50. The molecule has 86 valence electrons. The third kappa shape index (κ3) is 5.54. The fourth-order valence-corrected chi connectivity index (χ4v) is 1.86. The molecule has 0 spiro atoms. The highest BCUT2D eigenvalue weighted by atomic mass is 32.2. The van der Waals surface area contributed by atoms with Gasteiger partial charge in [-0.25, -0.2) is 13.4 Å². The van der Waals surface area contributed by atoms with E-state index >= 15 is 0 Å². The summed E-state index contributed by atoms with van der Waals surface area (Å²) in [5, 5.41) is 4.08. The summed E-state index contributed by atoms with van der Waals surface area (Å²) in [6.45, 7) is 6.11. The summed E-state index contributed by atoms with van der Waals surface area (Å²) in [5.41, 5.74) is 0. The van der Waals surface area contributed by atoms with Crippen molar-refractivity contribution in [2.45, 2.75) is 32.1 Å². The maximum atomic E-state index is 11.6. The van der Waals surface area contributed by atoms with Gasteiger partial charge in [0, 0.05) is 26.7 Å². The quantitative estimate of drug-likeness (QED) is 0.611. The number of sulfonamides is 1. The van der Waals surface area contributed by atoms with Gasteiger partial charge in [0.15, 0.2) is 0 Å². The Morgan fingerprint density at radius 1 is 1.21 bits per heavy atom. The van der Waals surface area contributed by atoms with Crippen molar-refractivity contribution in [3.8, 4) is 0 Å². The second-order valence-corrected chi connectivity index (χ2v) is 5.98. The van der Waals surface area contributed by atoms with E-state index in [0.29, 0.717) is 12.6 Å². The Morgan fingerprint density at radius 2 is 1.71 bits per heavy atom. The van der Waals surface area contributed by atoms with Gasteiger partial charge in [-0.05, 0) is 6.92 Å². The van der Waals surface area contributed by atoms with Gasteiger partial charge < -0.3 is 5.32 Å². The zero-order chi connectivity index (χ0) is 11.4. The SMILES string of the molecule is CC(C)NCC(C)S(=O)(=O)NN(C)C. The standard InChI is InChI=1S/C8H21N3O2S/c1-7(2)9-6-8(3)14(12,13)10-11(4)5/h7-10H,6H2,1-5H3. The number of rotatable bonds is 6. The van der Waals surface area contributed by atoms with Gasteiger partial charge >= 0.3 is 0 Å². The monoisotopic (exact) mass is 223 g/mol. The first-order chi connectivity index (χ1) is 6.25. The zero-order valence-corrected chi connectivity index (χ0v) is 10.4. The lowest BCUT2D eigenvalue weighted by Gasteiger charge is -2.19. The first kappa shape index (κ1) is 13.8. The first-order valence-electron chi connectivity index (χ1n) is 4.67. The summed E-state index contributed by atoms with van der Waals surface area (Å²) in [6, 6.07) is 0.298. The molecule has 0 aromatic carbocycles. The Labute approximate surface area is 86.9 Å². The normalized spacial score (nSPS) is 15.1. The first-order valence-corrected chi connectivity index (χ1v) is 6.22. The lowest BCUT2D eigenvalue weighted by atomic mass is 10.3. The summed E-state index contributed by atoms with van der Waals surface area (Å²) < 4.78 is 23.1. The van der Waals surface area contributed by atoms with Gasteiger partial charge in [-0.3, -0.25) is 0 Å². The number of nitrogens with zero attached hydrogens (tertiary/aromatic N) is 1. The van der Waals surface area contributed by atoms with Crippen LogP contribution >= 0.6 is 0 Å². The van der Waals surface area contributed by atoms with Gasteiger partial charge in [-0.2, -0.15) is 0 Å². The molecule has 0 aliphatic carbocycles. The molecule has 0 radical (unpaired) electrons. The fourth-order valence-electron chi connectivity index (χ4n) is 0.856. The van der Waals surface area contributed by atoms with Crippen LogP contribution in [0.5, 0.6) is 0 Å². The molecule has 2 N–H and O–H groups in total. The molecule has 0 saturated heterocycles. The van der Waals surface area contributed by atoms with E-state index in [2.05, 4.69) is 10.1 Å². The van der Waals surface area contributed by atoms with Crippen molar-refractivity contribution in [3.05, 3.63) is 0 Å². The predicted molar refractivity (Wildman–Crippen MR) is 58.3 cm³/mol. The molecule has 0 fully saturated rings. The molecule has 0 heterocycles. The maximum absolute atomic E-state index is 11.6. The van der Waals surface area contributed by atoms with Crippen molar-refractivity contribution in [1.82, 2.24) is 15.2 Å². The van der Waals surface area contributed by atoms with Crippen LogP contribution in [0.4, 0.5) is 0 Å². The molecule has 0 amide bonds. The third-order valence-electron chi connectivity index (χ3n) is 1.65. The number of hydrazine groups is 1. The van der Waals surface area contributed by atoms with E-state index in [1.807, 2.05) is 13.8 Å². The van der Waals surface area contributed by atoms with E-state index in [-0.39, 0.29) is 0 Å². The summed E-state index contributed by atoms with van der Waals surface area (Å²) in [6.07, 6.45) is 0. The van der Waals surface area contributed by atoms with E-state index < -0.39 is 15.3 Å². The molecule has 0 aliphatic heterocycles. The highest BCUT2D eigenvalue weighted by molar-refractivity contribution is 7.90. The van der Waals surface area contributed by atoms with Crippen LogP contribution in [0.2, 0.25) is 0 Å². The molecule has 1 unspecified atom stereocenters. The lowest BCUT2D eigenvalue weighted by Crippen LogP contribution is -2.45. The molecule has 6 heteroatoms. The molecule has 0 aliphatic rings. The molecule has 5 nitrogen and oxygen atoms in total. The Morgan fingerprint density at radius 3 is 2.07 bits per heavy atom. The lowest BCUT2D eigenvalue weighted by molar-refractivity contribution is 0.360. The molecule has 1 atom stereocenters. The topological polar surface area (TPSA) is 61.4 Å². The number of nitrogens with one attached hydrogen (secondary N) is 2. The van der Waals surface area contributed by atoms with Gasteiger partial charge in [-0.1, -0.05) is 13.8 Å². The van der Waals surface area contributed by atoms with Gasteiger partial charge in [0.25, 0.3) is 0 Å². The van der Waals surface area contributed by atoms with E-state index in [4.69, 9.17) is 0 Å². The van der Waals surface area contributed by atoms with Gasteiger partial charge in [-0.15, -0.1) is 4.83 Å². The minimum absolute atomic E-state index is 0.298. The predicted octanol–water partition coefficient (Wildman–Crippen LogP) is -0.231. The molecule has 14 heavy (non-hydrogen) atoms. The van der Waals surface area contributed by atoms with Crippen molar-refractivity contribution in [3.63, 3.8) is 0 Å². The van der Waals surface area contributed by atoms with Gasteiger partial charge in [0.1, 0.15) is 0 Å². The Bertz CT molecular complexity index is 249. The smallest absolute Gasteiger partial charge is 0.228 e. The van der Waals surface area contributed by atoms with Crippen molar-refractivity contribution >= 4 is 10.0 Å². The summed E-state index contributed by atoms with van der Waals surface area (Å²) >= 11 is 0. The van der Waals surface area contributed by atoms with E-state index in [9.17, 15) is 8.42 Å². The summed E-state index contributed by atoms with van der Waals surface area (Å²) in [4.78, 5) is 2.41. The maximum Gasteiger partial charge on any atom is 0.228 e. The largest absolute Gasteiger partial charge is 0.313 e. The minimum atomic E-state index is -3.24. The molecular weight excluding hydrogens is 202 g/mol. The van der Waals surface area contributed by atoms with Crippen LogP contribution in [0.1, 0.15) is 20.8 Å². The van der Waals surface area contributed by atoms with Crippen LogP contribution < -0.4 is 10.1 Å². The van der Waals surface area contributed by atoms with E-state index in [0.717, 1.165) is 0 Å². The average molecular weight is 223 g/mol. The Hall–Kier alpha value is -0.170. The van der Waals surface area contributed by atoms with Crippen molar-refractivity contribution in [2.75, 3.05) is 20.6 Å². The second kappa shape index (κ2) is 5.65. The van der Waals surface area contributed by atoms with Gasteiger partial charge in [0.2, 0.25) is 10.0 Å². The van der Waals surface area contributed by atoms with Crippen LogP contribution in [0.3, 0.4) is 0 Å². The van der Waals surface area contributed by atoms with Gasteiger partial charge in [0.05, 0.1) is 5.25 Å². The van der Waals surface area contributed by atoms with E-state index in [1.165, 1.54) is 5.01 Å². The van der Waals surface area contributed by atoms with Crippen molar-refractivity contribution < 1.29 is 8.42 Å².